The van der Waals surface area contributed by atoms with Gasteiger partial charge in [0.1, 0.15) is 5.76 Å². The number of fused-ring (bicyclic) bond motifs is 3. The van der Waals surface area contributed by atoms with Crippen LogP contribution in [0.5, 0.6) is 0 Å². The van der Waals surface area contributed by atoms with Gasteiger partial charge in [-0.25, -0.2) is 0 Å². The lowest BCUT2D eigenvalue weighted by Crippen LogP contribution is -2.14. The highest BCUT2D eigenvalue weighted by Crippen LogP contribution is 2.49. The topological polar surface area (TPSA) is 13.1 Å². The van der Waals surface area contributed by atoms with Crippen LogP contribution in [0.3, 0.4) is 0 Å². The predicted octanol–water partition coefficient (Wildman–Crippen LogP) is 4.24. The Morgan fingerprint density at radius 2 is 1.93 bits per heavy atom. The van der Waals surface area contributed by atoms with Crippen LogP contribution in [-0.2, 0) is 5.41 Å². The van der Waals surface area contributed by atoms with Crippen molar-refractivity contribution in [3.63, 3.8) is 0 Å². The number of hydrogen-bond donors (Lipinski definition) is 0. The lowest BCUT2D eigenvalue weighted by molar-refractivity contribution is 0.579. The first kappa shape index (κ1) is 9.05. The second-order valence-electron chi connectivity index (χ2n) is 4.48. The molecule has 2 heteroatoms. The molecule has 2 aromatic rings. The van der Waals surface area contributed by atoms with Gasteiger partial charge in [-0.3, -0.25) is 0 Å². The van der Waals surface area contributed by atoms with Crippen LogP contribution in [0.4, 0.5) is 0 Å². The minimum atomic E-state index is 0.00255. The van der Waals surface area contributed by atoms with Crippen LogP contribution < -0.4 is 0 Å². The third-order valence-corrected chi connectivity index (χ3v) is 3.47. The lowest BCUT2D eigenvalue weighted by Gasteiger charge is -2.19. The number of halogens is 1. The summed E-state index contributed by atoms with van der Waals surface area (Å²) in [5, 5.41) is 0.784. The van der Waals surface area contributed by atoms with Crippen molar-refractivity contribution in [3.8, 4) is 11.3 Å². The molecule has 1 nitrogen and oxygen atoms in total. The summed E-state index contributed by atoms with van der Waals surface area (Å²) >= 11 is 6.03. The maximum Gasteiger partial charge on any atom is 0.138 e. The van der Waals surface area contributed by atoms with E-state index in [2.05, 4.69) is 13.8 Å². The molecule has 1 heterocycles. The minimum Gasteiger partial charge on any atom is -0.464 e. The molecular formula is C13H11ClO. The molecule has 1 aromatic carbocycles. The van der Waals surface area contributed by atoms with Crippen LogP contribution >= 0.6 is 11.6 Å². The van der Waals surface area contributed by atoms with Crippen LogP contribution in [0.25, 0.3) is 11.3 Å². The summed E-state index contributed by atoms with van der Waals surface area (Å²) in [4.78, 5) is 0. The summed E-state index contributed by atoms with van der Waals surface area (Å²) in [6, 6.07) is 8.03. The second kappa shape index (κ2) is 2.67. The number of furan rings is 1. The summed E-state index contributed by atoms with van der Waals surface area (Å²) in [6.45, 7) is 4.40. The molecule has 0 saturated heterocycles. The maximum absolute atomic E-state index is 6.03. The fourth-order valence-corrected chi connectivity index (χ4v) is 2.56. The maximum atomic E-state index is 6.03. The molecule has 0 radical (unpaired) electrons. The van der Waals surface area contributed by atoms with Gasteiger partial charge >= 0.3 is 0 Å². The first-order chi connectivity index (χ1) is 7.10. The van der Waals surface area contributed by atoms with Gasteiger partial charge in [-0.15, -0.1) is 0 Å². The summed E-state index contributed by atoms with van der Waals surface area (Å²) in [7, 11) is 0. The molecule has 1 aromatic heterocycles. The molecule has 0 N–H and O–H groups in total. The summed E-state index contributed by atoms with van der Waals surface area (Å²) in [5.41, 5.74) is 3.68. The molecule has 1 aliphatic rings. The molecule has 0 atom stereocenters. The Morgan fingerprint density at radius 1 is 1.13 bits per heavy atom. The van der Waals surface area contributed by atoms with Crippen LogP contribution in [0.15, 0.2) is 34.9 Å². The number of hydrogen-bond acceptors (Lipinski definition) is 1. The van der Waals surface area contributed by atoms with Gasteiger partial charge in [-0.1, -0.05) is 25.4 Å². The van der Waals surface area contributed by atoms with Crippen molar-refractivity contribution in [2.75, 3.05) is 0 Å². The molecule has 1 aliphatic carbocycles. The van der Waals surface area contributed by atoms with Gasteiger partial charge in [0.15, 0.2) is 0 Å². The Balaban J connectivity index is 2.39. The molecule has 0 unspecified atom stereocenters. The Bertz CT molecular complexity index is 537. The van der Waals surface area contributed by atoms with Gasteiger partial charge in [0.2, 0.25) is 0 Å². The van der Waals surface area contributed by atoms with E-state index >= 15 is 0 Å². The van der Waals surface area contributed by atoms with Gasteiger partial charge in [-0.05, 0) is 29.8 Å². The van der Waals surface area contributed by atoms with E-state index in [-0.39, 0.29) is 5.41 Å². The van der Waals surface area contributed by atoms with Crippen molar-refractivity contribution < 1.29 is 4.42 Å². The van der Waals surface area contributed by atoms with Gasteiger partial charge in [0, 0.05) is 21.6 Å². The van der Waals surface area contributed by atoms with E-state index in [1.165, 1.54) is 16.7 Å². The monoisotopic (exact) mass is 218 g/mol. The summed E-state index contributed by atoms with van der Waals surface area (Å²) in [6.07, 6.45) is 1.75. The largest absolute Gasteiger partial charge is 0.464 e. The van der Waals surface area contributed by atoms with Crippen molar-refractivity contribution in [3.05, 3.63) is 46.7 Å². The third kappa shape index (κ3) is 1.04. The highest BCUT2D eigenvalue weighted by Gasteiger charge is 2.37. The average Bonchev–Trinajstić information content (AvgIpc) is 2.72. The van der Waals surface area contributed by atoms with Gasteiger partial charge in [0.05, 0.1) is 6.26 Å². The second-order valence-corrected chi connectivity index (χ2v) is 4.91. The van der Waals surface area contributed by atoms with Crippen molar-refractivity contribution in [1.82, 2.24) is 0 Å². The van der Waals surface area contributed by atoms with E-state index in [1.807, 2.05) is 24.3 Å². The zero-order valence-electron chi connectivity index (χ0n) is 8.67. The minimum absolute atomic E-state index is 0.00255. The normalized spacial score (nSPS) is 16.2. The molecule has 0 aliphatic heterocycles. The Morgan fingerprint density at radius 3 is 2.73 bits per heavy atom. The third-order valence-electron chi connectivity index (χ3n) is 3.24. The highest BCUT2D eigenvalue weighted by molar-refractivity contribution is 6.30. The predicted molar refractivity (Wildman–Crippen MR) is 61.3 cm³/mol. The zero-order valence-corrected chi connectivity index (χ0v) is 9.43. The first-order valence-electron chi connectivity index (χ1n) is 4.99. The van der Waals surface area contributed by atoms with Crippen LogP contribution in [0.1, 0.15) is 25.0 Å². The van der Waals surface area contributed by atoms with Crippen molar-refractivity contribution in [2.45, 2.75) is 19.3 Å². The van der Waals surface area contributed by atoms with Crippen molar-refractivity contribution in [2.24, 2.45) is 0 Å². The Labute approximate surface area is 93.7 Å². The standard InChI is InChI=1S/C13H11ClO/c1-13(2)10-5-6-15-12(10)9-4-3-8(14)7-11(9)13/h3-7H,1-2H3. The molecule has 0 saturated carbocycles. The van der Waals surface area contributed by atoms with Crippen LogP contribution in [-0.4, -0.2) is 0 Å². The molecule has 15 heavy (non-hydrogen) atoms. The molecule has 76 valence electrons. The number of rotatable bonds is 0. The Kier molecular flexibility index (Phi) is 1.61. The quantitative estimate of drug-likeness (QED) is 0.645. The van der Waals surface area contributed by atoms with Gasteiger partial charge in [-0.2, -0.15) is 0 Å². The van der Waals surface area contributed by atoms with Crippen LogP contribution in [0.2, 0.25) is 5.02 Å². The molecule has 3 rings (SSSR count). The summed E-state index contributed by atoms with van der Waals surface area (Å²) in [5.74, 6) is 0.992. The molecule has 0 spiro atoms. The first-order valence-corrected chi connectivity index (χ1v) is 5.37. The fraction of sp³-hybridized carbons (Fsp3) is 0.231. The van der Waals surface area contributed by atoms with E-state index in [1.54, 1.807) is 6.26 Å². The van der Waals surface area contributed by atoms with Crippen molar-refractivity contribution >= 4 is 11.6 Å². The van der Waals surface area contributed by atoms with Gasteiger partial charge in [0.25, 0.3) is 0 Å². The molecule has 0 amide bonds. The van der Waals surface area contributed by atoms with E-state index in [0.29, 0.717) is 0 Å². The lowest BCUT2D eigenvalue weighted by atomic mass is 9.83. The van der Waals surface area contributed by atoms with E-state index in [0.717, 1.165) is 10.8 Å². The smallest absolute Gasteiger partial charge is 0.138 e. The summed E-state index contributed by atoms with van der Waals surface area (Å²) < 4.78 is 5.53. The van der Waals surface area contributed by atoms with E-state index < -0.39 is 0 Å². The zero-order chi connectivity index (χ0) is 10.6. The van der Waals surface area contributed by atoms with Gasteiger partial charge < -0.3 is 4.42 Å². The molecule has 0 bridgehead atoms. The molecule has 0 fully saturated rings. The highest BCUT2D eigenvalue weighted by atomic mass is 35.5. The Hall–Kier alpha value is -1.21. The number of benzene rings is 1. The van der Waals surface area contributed by atoms with E-state index in [4.69, 9.17) is 16.0 Å². The average molecular weight is 219 g/mol. The van der Waals surface area contributed by atoms with Crippen molar-refractivity contribution in [1.29, 1.82) is 0 Å². The molecular weight excluding hydrogens is 208 g/mol. The fourth-order valence-electron chi connectivity index (χ4n) is 2.39. The van der Waals surface area contributed by atoms with Crippen LogP contribution in [0, 0.1) is 0 Å². The van der Waals surface area contributed by atoms with E-state index in [9.17, 15) is 0 Å². The SMILES string of the molecule is CC1(C)c2cc(Cl)ccc2-c2occc21.